The predicted molar refractivity (Wildman–Crippen MR) is 152 cm³/mol. The van der Waals surface area contributed by atoms with Gasteiger partial charge < -0.3 is 28.9 Å². The summed E-state index contributed by atoms with van der Waals surface area (Å²) in [4.78, 5) is 32.8. The van der Waals surface area contributed by atoms with E-state index in [1.54, 1.807) is 21.1 Å². The Morgan fingerprint density at radius 2 is 1.64 bits per heavy atom. The topological polar surface area (TPSA) is 71.6 Å². The summed E-state index contributed by atoms with van der Waals surface area (Å²) in [6.07, 6.45) is 4.92. The van der Waals surface area contributed by atoms with Crippen LogP contribution in [-0.2, 0) is 27.3 Å². The van der Waals surface area contributed by atoms with E-state index >= 15 is 0 Å². The summed E-state index contributed by atoms with van der Waals surface area (Å²) < 4.78 is 16.4. The van der Waals surface area contributed by atoms with Crippen LogP contribution in [0.2, 0.25) is 0 Å². The Hall–Kier alpha value is -3.10. The van der Waals surface area contributed by atoms with Gasteiger partial charge >= 0.3 is 0 Å². The summed E-state index contributed by atoms with van der Waals surface area (Å²) in [5.74, 6) is 1.49. The number of aryl methyl sites for hydroxylation is 1. The number of carbonyl (C=O) groups excluding carboxylic acids is 2. The fourth-order valence-corrected chi connectivity index (χ4v) is 5.72. The zero-order chi connectivity index (χ0) is 27.6. The van der Waals surface area contributed by atoms with Crippen LogP contribution in [0.3, 0.4) is 0 Å². The van der Waals surface area contributed by atoms with Crippen molar-refractivity contribution in [1.29, 1.82) is 0 Å². The summed E-state index contributed by atoms with van der Waals surface area (Å²) in [6.45, 7) is 6.94. The molecule has 2 aromatic rings. The molecule has 212 valence electrons. The minimum Gasteiger partial charge on any atom is -0.493 e. The molecule has 8 nitrogen and oxygen atoms in total. The minimum absolute atomic E-state index is 0.0310. The van der Waals surface area contributed by atoms with Crippen LogP contribution in [0.25, 0.3) is 0 Å². The van der Waals surface area contributed by atoms with Gasteiger partial charge in [0.15, 0.2) is 11.5 Å². The minimum atomic E-state index is 0.0310. The van der Waals surface area contributed by atoms with Crippen molar-refractivity contribution in [3.63, 3.8) is 0 Å². The van der Waals surface area contributed by atoms with Gasteiger partial charge in [-0.15, -0.1) is 0 Å². The van der Waals surface area contributed by atoms with Crippen LogP contribution in [0.1, 0.15) is 50.2 Å². The molecule has 2 aliphatic rings. The Balaban J connectivity index is 1.53. The first-order chi connectivity index (χ1) is 19.0. The smallest absolute Gasteiger partial charge is 0.223 e. The first kappa shape index (κ1) is 28.9. The van der Waals surface area contributed by atoms with Crippen molar-refractivity contribution in [2.75, 3.05) is 58.5 Å². The van der Waals surface area contributed by atoms with Gasteiger partial charge in [-0.3, -0.25) is 9.59 Å². The molecule has 2 aliphatic heterocycles. The lowest BCUT2D eigenvalue weighted by Gasteiger charge is -2.36. The molecule has 1 fully saturated rings. The molecule has 2 amide bonds. The average molecular weight is 538 g/mol. The van der Waals surface area contributed by atoms with Crippen LogP contribution in [0.5, 0.6) is 11.5 Å². The Bertz CT molecular complexity index is 1100. The highest BCUT2D eigenvalue weighted by Crippen LogP contribution is 2.29. The van der Waals surface area contributed by atoms with Crippen LogP contribution in [0, 0.1) is 0 Å². The predicted octanol–water partition coefficient (Wildman–Crippen LogP) is 4.29. The van der Waals surface area contributed by atoms with Crippen molar-refractivity contribution in [2.24, 2.45) is 0 Å². The zero-order valence-electron chi connectivity index (χ0n) is 23.7. The molecule has 0 spiro atoms. The van der Waals surface area contributed by atoms with Crippen molar-refractivity contribution < 1.29 is 23.8 Å². The fourth-order valence-electron chi connectivity index (χ4n) is 5.72. The van der Waals surface area contributed by atoms with Crippen LogP contribution < -0.4 is 14.4 Å². The number of carbonyl (C=O) groups is 2. The van der Waals surface area contributed by atoms with Gasteiger partial charge in [0.1, 0.15) is 0 Å². The Morgan fingerprint density at radius 1 is 0.923 bits per heavy atom. The lowest BCUT2D eigenvalue weighted by atomic mass is 10.0. The molecular weight excluding hydrogens is 494 g/mol. The number of amides is 2. The van der Waals surface area contributed by atoms with E-state index in [-0.39, 0.29) is 11.8 Å². The summed E-state index contributed by atoms with van der Waals surface area (Å²) in [6, 6.07) is 14.3. The van der Waals surface area contributed by atoms with E-state index < -0.39 is 0 Å². The van der Waals surface area contributed by atoms with E-state index in [9.17, 15) is 9.59 Å². The third-order valence-corrected chi connectivity index (χ3v) is 7.86. The Kier molecular flexibility index (Phi) is 10.6. The number of anilines is 1. The van der Waals surface area contributed by atoms with E-state index in [1.165, 1.54) is 0 Å². The summed E-state index contributed by atoms with van der Waals surface area (Å²) >= 11 is 0. The molecule has 2 heterocycles. The monoisotopic (exact) mass is 537 g/mol. The Morgan fingerprint density at radius 3 is 2.36 bits per heavy atom. The standard InChI is InChI=1S/C31H43N3O5/c1-24(35)34-19-7-17-32(27-14-20-39-21-15-27)16-6-18-33(23-26-8-4-5-9-28(26)34)31(36)13-11-25-10-12-29(37-2)30(22-25)38-3/h4-5,8-10,12,22,27H,6-7,11,13-21,23H2,1-3H3. The molecule has 0 aromatic heterocycles. The molecule has 8 heteroatoms. The molecule has 0 bridgehead atoms. The van der Waals surface area contributed by atoms with Crippen LogP contribution in [-0.4, -0.2) is 81.3 Å². The van der Waals surface area contributed by atoms with Crippen LogP contribution in [0.15, 0.2) is 42.5 Å². The second-order valence-corrected chi connectivity index (χ2v) is 10.4. The molecule has 0 saturated carbocycles. The lowest BCUT2D eigenvalue weighted by molar-refractivity contribution is -0.132. The molecule has 4 rings (SSSR count). The first-order valence-corrected chi connectivity index (χ1v) is 14.2. The third-order valence-electron chi connectivity index (χ3n) is 7.86. The van der Waals surface area contributed by atoms with Crippen molar-refractivity contribution in [2.45, 2.75) is 58.0 Å². The second kappa shape index (κ2) is 14.3. The van der Waals surface area contributed by atoms with E-state index in [4.69, 9.17) is 14.2 Å². The van der Waals surface area contributed by atoms with Crippen molar-refractivity contribution in [1.82, 2.24) is 9.80 Å². The van der Waals surface area contributed by atoms with E-state index in [0.717, 1.165) is 68.8 Å². The highest BCUT2D eigenvalue weighted by Gasteiger charge is 2.25. The first-order valence-electron chi connectivity index (χ1n) is 14.2. The van der Waals surface area contributed by atoms with Gasteiger partial charge in [-0.2, -0.15) is 0 Å². The van der Waals surface area contributed by atoms with Gasteiger partial charge in [-0.25, -0.2) is 0 Å². The van der Waals surface area contributed by atoms with Crippen LogP contribution >= 0.6 is 0 Å². The van der Waals surface area contributed by atoms with E-state index in [1.807, 2.05) is 52.3 Å². The van der Waals surface area contributed by atoms with Crippen molar-refractivity contribution in [3.8, 4) is 11.5 Å². The highest BCUT2D eigenvalue weighted by atomic mass is 16.5. The number of nitrogens with zero attached hydrogens (tertiary/aromatic N) is 3. The summed E-state index contributed by atoms with van der Waals surface area (Å²) in [7, 11) is 3.24. The number of ether oxygens (including phenoxy) is 3. The molecule has 2 aromatic carbocycles. The SMILES string of the molecule is COc1ccc(CCC(=O)N2CCCN(C3CCOCC3)CCCN(C(C)=O)c3ccccc3C2)cc1OC. The molecular formula is C31H43N3O5. The van der Waals surface area contributed by atoms with E-state index in [0.29, 0.717) is 50.0 Å². The number of hydrogen-bond donors (Lipinski definition) is 0. The maximum absolute atomic E-state index is 13.6. The van der Waals surface area contributed by atoms with E-state index in [2.05, 4.69) is 4.90 Å². The molecule has 0 aliphatic carbocycles. The molecule has 1 saturated heterocycles. The second-order valence-electron chi connectivity index (χ2n) is 10.4. The van der Waals surface area contributed by atoms with Gasteiger partial charge in [0.2, 0.25) is 11.8 Å². The fraction of sp³-hybridized carbons (Fsp3) is 0.548. The lowest BCUT2D eigenvalue weighted by Crippen LogP contribution is -2.43. The van der Waals surface area contributed by atoms with Crippen molar-refractivity contribution >= 4 is 17.5 Å². The number of methoxy groups -OCH3 is 2. The number of para-hydroxylation sites is 1. The highest BCUT2D eigenvalue weighted by molar-refractivity contribution is 5.92. The summed E-state index contributed by atoms with van der Waals surface area (Å²) in [5.41, 5.74) is 2.94. The van der Waals surface area contributed by atoms with Gasteiger partial charge in [0.25, 0.3) is 0 Å². The molecule has 0 atom stereocenters. The van der Waals surface area contributed by atoms with Gasteiger partial charge in [-0.05, 0) is 61.4 Å². The van der Waals surface area contributed by atoms with Gasteiger partial charge in [-0.1, -0.05) is 24.3 Å². The van der Waals surface area contributed by atoms with Crippen LogP contribution in [0.4, 0.5) is 5.69 Å². The Labute approximate surface area is 232 Å². The van der Waals surface area contributed by atoms with Crippen molar-refractivity contribution in [3.05, 3.63) is 53.6 Å². The molecule has 0 radical (unpaired) electrons. The number of rotatable bonds is 6. The molecule has 0 N–H and O–H groups in total. The molecule has 0 unspecified atom stereocenters. The number of fused-ring (bicyclic) bond motifs is 1. The van der Waals surface area contributed by atoms with Gasteiger partial charge in [0.05, 0.1) is 14.2 Å². The van der Waals surface area contributed by atoms with Gasteiger partial charge in [0, 0.05) is 71.0 Å². The number of hydrogen-bond acceptors (Lipinski definition) is 6. The maximum atomic E-state index is 13.6. The normalized spacial score (nSPS) is 18.0. The number of benzene rings is 2. The zero-order valence-corrected chi connectivity index (χ0v) is 23.7. The average Bonchev–Trinajstić information content (AvgIpc) is 2.96. The largest absolute Gasteiger partial charge is 0.493 e. The maximum Gasteiger partial charge on any atom is 0.223 e. The third kappa shape index (κ3) is 7.73. The quantitative estimate of drug-likeness (QED) is 0.548. The molecule has 39 heavy (non-hydrogen) atoms. The summed E-state index contributed by atoms with van der Waals surface area (Å²) in [5, 5.41) is 0.